The molecule has 0 aliphatic rings. The van der Waals surface area contributed by atoms with Crippen LogP contribution in [0, 0.1) is 15.9 Å². The molecule has 5 nitrogen and oxygen atoms in total. The number of thioether (sulfide) groups is 1. The monoisotopic (exact) mass is 340 g/mol. The van der Waals surface area contributed by atoms with Crippen molar-refractivity contribution in [3.05, 3.63) is 57.2 Å². The summed E-state index contributed by atoms with van der Waals surface area (Å²) in [6.07, 6.45) is 0.751. The maximum atomic E-state index is 12.7. The summed E-state index contributed by atoms with van der Waals surface area (Å²) in [6, 6.07) is 9.02. The molecule has 0 aliphatic carbocycles. The number of hydrogen-bond donors (Lipinski definition) is 1. The fourth-order valence-electron chi connectivity index (χ4n) is 1.63. The maximum absolute atomic E-state index is 12.7. The number of carbonyl (C=O) groups excluding carboxylic acids is 1. The predicted molar refractivity (Wildman–Crippen MR) is 85.0 cm³/mol. The Bertz CT molecular complexity index is 658. The predicted octanol–water partition coefficient (Wildman–Crippen LogP) is 3.71. The molecule has 1 amide bonds. The van der Waals surface area contributed by atoms with Crippen molar-refractivity contribution in [1.82, 2.24) is 5.32 Å². The molecule has 0 radical (unpaired) electrons. The van der Waals surface area contributed by atoms with Crippen molar-refractivity contribution in [2.24, 2.45) is 0 Å². The number of nitro groups is 1. The number of amides is 1. The standard InChI is InChI=1S/C14H13FN2O3S2/c15-10-2-4-11(5-3-10)21-9-1-8-16-14(18)12-6-7-13(22-12)17(19)20/h2-7H,1,8-9H2,(H,16,18). The molecule has 1 aromatic heterocycles. The molecular formula is C14H13FN2O3S2. The number of nitrogens with one attached hydrogen (secondary N) is 1. The van der Waals surface area contributed by atoms with Gasteiger partial charge in [0.05, 0.1) is 9.80 Å². The highest BCUT2D eigenvalue weighted by Gasteiger charge is 2.14. The van der Waals surface area contributed by atoms with Gasteiger partial charge >= 0.3 is 5.00 Å². The van der Waals surface area contributed by atoms with E-state index in [0.29, 0.717) is 11.4 Å². The van der Waals surface area contributed by atoms with Gasteiger partial charge in [0.15, 0.2) is 0 Å². The quantitative estimate of drug-likeness (QED) is 0.361. The fourth-order valence-corrected chi connectivity index (χ4v) is 3.22. The van der Waals surface area contributed by atoms with Crippen LogP contribution in [0.5, 0.6) is 0 Å². The molecule has 0 bridgehead atoms. The van der Waals surface area contributed by atoms with Gasteiger partial charge in [-0.1, -0.05) is 11.3 Å². The number of halogens is 1. The second kappa shape index (κ2) is 7.90. The zero-order valence-corrected chi connectivity index (χ0v) is 13.1. The summed E-state index contributed by atoms with van der Waals surface area (Å²) < 4.78 is 12.7. The molecule has 22 heavy (non-hydrogen) atoms. The summed E-state index contributed by atoms with van der Waals surface area (Å²) in [5, 5.41) is 13.2. The summed E-state index contributed by atoms with van der Waals surface area (Å²) in [6.45, 7) is 0.485. The fraction of sp³-hybridized carbons (Fsp3) is 0.214. The molecular weight excluding hydrogens is 327 g/mol. The van der Waals surface area contributed by atoms with Gasteiger partial charge in [-0.15, -0.1) is 11.8 Å². The van der Waals surface area contributed by atoms with Crippen LogP contribution in [0.1, 0.15) is 16.1 Å². The first-order valence-corrected chi connectivity index (χ1v) is 8.27. The van der Waals surface area contributed by atoms with E-state index in [1.54, 1.807) is 23.9 Å². The molecule has 1 N–H and O–H groups in total. The van der Waals surface area contributed by atoms with Crippen LogP contribution < -0.4 is 5.32 Å². The van der Waals surface area contributed by atoms with Crippen LogP contribution in [0.15, 0.2) is 41.3 Å². The van der Waals surface area contributed by atoms with Crippen LogP contribution in [0.25, 0.3) is 0 Å². The van der Waals surface area contributed by atoms with Gasteiger partial charge in [-0.3, -0.25) is 14.9 Å². The van der Waals surface area contributed by atoms with Crippen molar-refractivity contribution in [1.29, 1.82) is 0 Å². The van der Waals surface area contributed by atoms with E-state index in [4.69, 9.17) is 0 Å². The van der Waals surface area contributed by atoms with Crippen molar-refractivity contribution >= 4 is 34.0 Å². The Kier molecular flexibility index (Phi) is 5.91. The second-order valence-electron chi connectivity index (χ2n) is 4.31. The number of thiophene rings is 1. The van der Waals surface area contributed by atoms with Crippen molar-refractivity contribution in [3.63, 3.8) is 0 Å². The van der Waals surface area contributed by atoms with Crippen molar-refractivity contribution in [2.75, 3.05) is 12.3 Å². The van der Waals surface area contributed by atoms with Crippen molar-refractivity contribution in [3.8, 4) is 0 Å². The van der Waals surface area contributed by atoms with E-state index in [-0.39, 0.29) is 16.7 Å². The van der Waals surface area contributed by atoms with Crippen LogP contribution >= 0.6 is 23.1 Å². The molecule has 2 aromatic rings. The third-order valence-corrected chi connectivity index (χ3v) is 4.82. The van der Waals surface area contributed by atoms with Gasteiger partial charge < -0.3 is 5.32 Å². The Balaban J connectivity index is 1.68. The third kappa shape index (κ3) is 4.81. The Morgan fingerprint density at radius 3 is 2.64 bits per heavy atom. The van der Waals surface area contributed by atoms with Crippen LogP contribution in [-0.4, -0.2) is 23.1 Å². The average Bonchev–Trinajstić information content (AvgIpc) is 2.99. The Hall–Kier alpha value is -1.93. The van der Waals surface area contributed by atoms with E-state index < -0.39 is 4.92 Å². The van der Waals surface area contributed by atoms with Crippen molar-refractivity contribution in [2.45, 2.75) is 11.3 Å². The topological polar surface area (TPSA) is 72.2 Å². The third-order valence-electron chi connectivity index (χ3n) is 2.68. The Labute approximate surface area is 134 Å². The normalized spacial score (nSPS) is 10.4. The molecule has 116 valence electrons. The highest BCUT2D eigenvalue weighted by atomic mass is 32.2. The van der Waals surface area contributed by atoms with Gasteiger partial charge in [-0.25, -0.2) is 4.39 Å². The summed E-state index contributed by atoms with van der Waals surface area (Å²) in [4.78, 5) is 23.1. The van der Waals surface area contributed by atoms with Gasteiger partial charge in [0, 0.05) is 17.5 Å². The van der Waals surface area contributed by atoms with E-state index in [9.17, 15) is 19.3 Å². The molecule has 2 rings (SSSR count). The summed E-state index contributed by atoms with van der Waals surface area (Å²) in [7, 11) is 0. The number of benzene rings is 1. The first-order chi connectivity index (χ1) is 10.6. The Morgan fingerprint density at radius 2 is 2.00 bits per heavy atom. The van der Waals surface area contributed by atoms with E-state index in [1.807, 2.05) is 0 Å². The Morgan fingerprint density at radius 1 is 1.27 bits per heavy atom. The molecule has 0 unspecified atom stereocenters. The van der Waals surface area contributed by atoms with Crippen LogP contribution in [0.3, 0.4) is 0 Å². The number of rotatable bonds is 7. The lowest BCUT2D eigenvalue weighted by molar-refractivity contribution is -0.380. The molecule has 0 aliphatic heterocycles. The SMILES string of the molecule is O=C(NCCCSc1ccc(F)cc1)c1ccc([N+](=O)[O-])s1. The molecule has 0 fully saturated rings. The van der Waals surface area contributed by atoms with Crippen LogP contribution in [-0.2, 0) is 0 Å². The lowest BCUT2D eigenvalue weighted by Gasteiger charge is -2.04. The average molecular weight is 340 g/mol. The minimum Gasteiger partial charge on any atom is -0.351 e. The van der Waals surface area contributed by atoms with Gasteiger partial charge in [0.25, 0.3) is 5.91 Å². The molecule has 0 atom stereocenters. The molecule has 0 spiro atoms. The zero-order valence-electron chi connectivity index (χ0n) is 11.5. The van der Waals surface area contributed by atoms with Crippen LogP contribution in [0.2, 0.25) is 0 Å². The summed E-state index contributed by atoms with van der Waals surface area (Å²) in [5.74, 6) is 0.225. The lowest BCUT2D eigenvalue weighted by Crippen LogP contribution is -2.23. The first kappa shape index (κ1) is 16.4. The smallest absolute Gasteiger partial charge is 0.324 e. The minimum atomic E-state index is -0.513. The van der Waals surface area contributed by atoms with E-state index in [1.165, 1.54) is 24.3 Å². The maximum Gasteiger partial charge on any atom is 0.324 e. The number of carbonyl (C=O) groups is 1. The van der Waals surface area contributed by atoms with Gasteiger partial charge in [0.1, 0.15) is 5.82 Å². The number of hydrogen-bond acceptors (Lipinski definition) is 5. The molecule has 0 saturated carbocycles. The van der Waals surface area contributed by atoms with Crippen LogP contribution in [0.4, 0.5) is 9.39 Å². The first-order valence-electron chi connectivity index (χ1n) is 6.47. The van der Waals surface area contributed by atoms with Crippen molar-refractivity contribution < 1.29 is 14.1 Å². The highest BCUT2D eigenvalue weighted by Crippen LogP contribution is 2.23. The molecule has 1 heterocycles. The molecule has 8 heteroatoms. The number of nitrogens with zero attached hydrogens (tertiary/aromatic N) is 1. The lowest BCUT2D eigenvalue weighted by atomic mass is 10.4. The van der Waals surface area contributed by atoms with E-state index in [2.05, 4.69) is 5.32 Å². The van der Waals surface area contributed by atoms with Gasteiger partial charge in [-0.2, -0.15) is 0 Å². The van der Waals surface area contributed by atoms with Gasteiger partial charge in [-0.05, 0) is 42.5 Å². The molecule has 1 aromatic carbocycles. The largest absolute Gasteiger partial charge is 0.351 e. The van der Waals surface area contributed by atoms with Gasteiger partial charge in [0.2, 0.25) is 0 Å². The zero-order chi connectivity index (χ0) is 15.9. The van der Waals surface area contributed by atoms with E-state index >= 15 is 0 Å². The second-order valence-corrected chi connectivity index (χ2v) is 6.54. The molecule has 0 saturated heterocycles. The minimum absolute atomic E-state index is 0.0444. The highest BCUT2D eigenvalue weighted by molar-refractivity contribution is 7.99. The van der Waals surface area contributed by atoms with E-state index in [0.717, 1.165) is 28.4 Å². The summed E-state index contributed by atoms with van der Waals surface area (Å²) >= 11 is 2.44. The summed E-state index contributed by atoms with van der Waals surface area (Å²) in [5.41, 5.74) is 0.